The van der Waals surface area contributed by atoms with Crippen molar-refractivity contribution < 1.29 is 27.1 Å². The fourth-order valence-corrected chi connectivity index (χ4v) is 3.39. The number of hydrogen-bond acceptors (Lipinski definition) is 6. The van der Waals surface area contributed by atoms with E-state index in [-0.39, 0.29) is 17.6 Å². The van der Waals surface area contributed by atoms with E-state index >= 15 is 0 Å². The van der Waals surface area contributed by atoms with Gasteiger partial charge in [0.1, 0.15) is 23.9 Å². The number of benzene rings is 2. The van der Waals surface area contributed by atoms with Gasteiger partial charge in [-0.1, -0.05) is 12.1 Å². The number of carbonyl (C=O) groups is 1. The molecular weight excluding hydrogens is 408 g/mol. The third-order valence-corrected chi connectivity index (χ3v) is 5.91. The minimum Gasteiger partial charge on any atom is -0.496 e. The maximum Gasteiger partial charge on any atom is 0.275 e. The summed E-state index contributed by atoms with van der Waals surface area (Å²) in [4.78, 5) is 12.4. The molecule has 0 aliphatic heterocycles. The van der Waals surface area contributed by atoms with E-state index in [1.165, 1.54) is 27.3 Å². The van der Waals surface area contributed by atoms with Gasteiger partial charge in [0.2, 0.25) is 5.09 Å². The van der Waals surface area contributed by atoms with Gasteiger partial charge in [0.25, 0.3) is 15.9 Å². The summed E-state index contributed by atoms with van der Waals surface area (Å²) in [6.07, 6.45) is 0. The number of anilines is 1. The van der Waals surface area contributed by atoms with Crippen LogP contribution in [0, 0.1) is 0 Å². The number of furan rings is 1. The van der Waals surface area contributed by atoms with Crippen molar-refractivity contribution >= 4 is 21.6 Å². The topological polar surface area (TPSA) is 98.1 Å². The molecule has 3 rings (SSSR count). The van der Waals surface area contributed by atoms with Crippen molar-refractivity contribution in [3.05, 3.63) is 72.0 Å². The maximum atomic E-state index is 12.4. The fraction of sp³-hybridized carbons (Fsp3) is 0.190. The second-order valence-electron chi connectivity index (χ2n) is 6.48. The normalized spacial score (nSPS) is 11.3. The maximum absolute atomic E-state index is 12.4. The highest BCUT2D eigenvalue weighted by atomic mass is 32.2. The molecule has 2 aromatic carbocycles. The predicted molar refractivity (Wildman–Crippen MR) is 111 cm³/mol. The van der Waals surface area contributed by atoms with E-state index in [2.05, 4.69) is 5.32 Å². The molecule has 0 atom stereocenters. The lowest BCUT2D eigenvalue weighted by atomic mass is 10.2. The minimum atomic E-state index is -3.62. The molecule has 0 aliphatic rings. The molecule has 8 nitrogen and oxygen atoms in total. The Morgan fingerprint density at radius 3 is 2.40 bits per heavy atom. The molecule has 1 heterocycles. The minimum absolute atomic E-state index is 0.0653. The first-order chi connectivity index (χ1) is 14.3. The molecule has 158 valence electrons. The van der Waals surface area contributed by atoms with Crippen LogP contribution >= 0.6 is 0 Å². The van der Waals surface area contributed by atoms with E-state index in [0.717, 1.165) is 4.31 Å². The third kappa shape index (κ3) is 4.81. The molecule has 1 N–H and O–H groups in total. The average molecular weight is 430 g/mol. The number of nitrogens with zero attached hydrogens (tertiary/aromatic N) is 1. The summed E-state index contributed by atoms with van der Waals surface area (Å²) in [5, 5.41) is 2.66. The van der Waals surface area contributed by atoms with Crippen LogP contribution in [0.1, 0.15) is 16.1 Å². The standard InChI is InChI=1S/C21H22N2O6S/c1-23(2)30(25,26)20-13-12-17(29-20)14-28-16-10-8-15(9-11-16)22-21(24)18-6-4-5-7-19(18)27-3/h4-13H,14H2,1-3H3,(H,22,24). The highest BCUT2D eigenvalue weighted by Gasteiger charge is 2.21. The van der Waals surface area contributed by atoms with Gasteiger partial charge in [-0.25, -0.2) is 12.7 Å². The second-order valence-corrected chi connectivity index (χ2v) is 8.56. The molecule has 0 aliphatic carbocycles. The average Bonchev–Trinajstić information content (AvgIpc) is 3.23. The number of hydrogen-bond donors (Lipinski definition) is 1. The molecule has 0 unspecified atom stereocenters. The first-order valence-electron chi connectivity index (χ1n) is 8.99. The fourth-order valence-electron chi connectivity index (χ4n) is 2.57. The zero-order valence-electron chi connectivity index (χ0n) is 16.8. The number of methoxy groups -OCH3 is 1. The van der Waals surface area contributed by atoms with Crippen LogP contribution in [-0.2, 0) is 16.6 Å². The highest BCUT2D eigenvalue weighted by molar-refractivity contribution is 7.88. The van der Waals surface area contributed by atoms with Crippen molar-refractivity contribution in [2.45, 2.75) is 11.7 Å². The van der Waals surface area contributed by atoms with Gasteiger partial charge in [-0.2, -0.15) is 0 Å². The Labute approximate surface area is 175 Å². The smallest absolute Gasteiger partial charge is 0.275 e. The van der Waals surface area contributed by atoms with Gasteiger partial charge in [0.05, 0.1) is 12.7 Å². The largest absolute Gasteiger partial charge is 0.496 e. The van der Waals surface area contributed by atoms with E-state index in [4.69, 9.17) is 13.9 Å². The molecule has 1 aromatic heterocycles. The summed E-state index contributed by atoms with van der Waals surface area (Å²) in [6.45, 7) is 0.0653. The van der Waals surface area contributed by atoms with Crippen LogP contribution in [0.25, 0.3) is 0 Å². The van der Waals surface area contributed by atoms with Gasteiger partial charge in [0, 0.05) is 19.8 Å². The van der Waals surface area contributed by atoms with Crippen molar-refractivity contribution in [2.24, 2.45) is 0 Å². The van der Waals surface area contributed by atoms with E-state index in [1.807, 2.05) is 0 Å². The Kier molecular flexibility index (Phi) is 6.43. The lowest BCUT2D eigenvalue weighted by Gasteiger charge is -2.10. The Balaban J connectivity index is 1.60. The Bertz CT molecular complexity index is 1120. The molecule has 3 aromatic rings. The lowest BCUT2D eigenvalue weighted by molar-refractivity contribution is 0.102. The van der Waals surface area contributed by atoms with Crippen molar-refractivity contribution in [1.82, 2.24) is 4.31 Å². The summed E-state index contributed by atoms with van der Waals surface area (Å²) in [5.74, 6) is 1.12. The van der Waals surface area contributed by atoms with E-state index in [0.29, 0.717) is 28.5 Å². The molecule has 9 heteroatoms. The number of para-hydroxylation sites is 1. The van der Waals surface area contributed by atoms with Crippen LogP contribution in [0.2, 0.25) is 0 Å². The van der Waals surface area contributed by atoms with Crippen molar-refractivity contribution in [3.63, 3.8) is 0 Å². The molecule has 0 bridgehead atoms. The van der Waals surface area contributed by atoms with Crippen molar-refractivity contribution in [2.75, 3.05) is 26.5 Å². The number of carbonyl (C=O) groups excluding carboxylic acids is 1. The first-order valence-corrected chi connectivity index (χ1v) is 10.4. The molecule has 0 fully saturated rings. The van der Waals surface area contributed by atoms with Crippen LogP contribution < -0.4 is 14.8 Å². The van der Waals surface area contributed by atoms with Gasteiger partial charge >= 0.3 is 0 Å². The number of amides is 1. The Morgan fingerprint density at radius 1 is 1.03 bits per heavy atom. The van der Waals surface area contributed by atoms with E-state index in [1.54, 1.807) is 54.6 Å². The third-order valence-electron chi connectivity index (χ3n) is 4.22. The second kappa shape index (κ2) is 9.02. The van der Waals surface area contributed by atoms with Crippen LogP contribution in [0.4, 0.5) is 5.69 Å². The zero-order valence-corrected chi connectivity index (χ0v) is 17.6. The number of rotatable bonds is 8. The number of sulfonamides is 1. The van der Waals surface area contributed by atoms with Gasteiger partial charge in [0.15, 0.2) is 0 Å². The van der Waals surface area contributed by atoms with Crippen molar-refractivity contribution in [1.29, 1.82) is 0 Å². The molecule has 0 saturated heterocycles. The summed E-state index contributed by atoms with van der Waals surface area (Å²) in [5.41, 5.74) is 1.03. The van der Waals surface area contributed by atoms with Gasteiger partial charge in [-0.3, -0.25) is 4.79 Å². The highest BCUT2D eigenvalue weighted by Crippen LogP contribution is 2.22. The van der Waals surface area contributed by atoms with Crippen LogP contribution in [0.15, 0.2) is 70.2 Å². The quantitative estimate of drug-likeness (QED) is 0.588. The predicted octanol–water partition coefficient (Wildman–Crippen LogP) is 3.37. The van der Waals surface area contributed by atoms with E-state index in [9.17, 15) is 13.2 Å². The van der Waals surface area contributed by atoms with Crippen LogP contribution in [-0.4, -0.2) is 39.8 Å². The summed E-state index contributed by atoms with van der Waals surface area (Å²) in [6, 6.07) is 16.7. The molecule has 30 heavy (non-hydrogen) atoms. The van der Waals surface area contributed by atoms with Gasteiger partial charge in [-0.15, -0.1) is 0 Å². The Morgan fingerprint density at radius 2 is 1.73 bits per heavy atom. The van der Waals surface area contributed by atoms with Crippen LogP contribution in [0.3, 0.4) is 0 Å². The lowest BCUT2D eigenvalue weighted by Crippen LogP contribution is -2.21. The SMILES string of the molecule is COc1ccccc1C(=O)Nc1ccc(OCc2ccc(S(=O)(=O)N(C)C)o2)cc1. The first kappa shape index (κ1) is 21.4. The van der Waals surface area contributed by atoms with Crippen LogP contribution in [0.5, 0.6) is 11.5 Å². The van der Waals surface area contributed by atoms with Gasteiger partial charge in [-0.05, 0) is 48.5 Å². The van der Waals surface area contributed by atoms with Gasteiger partial charge < -0.3 is 19.2 Å². The number of nitrogens with one attached hydrogen (secondary N) is 1. The Hall–Kier alpha value is -3.30. The summed E-state index contributed by atoms with van der Waals surface area (Å²) >= 11 is 0. The molecule has 0 spiro atoms. The van der Waals surface area contributed by atoms with E-state index < -0.39 is 10.0 Å². The monoisotopic (exact) mass is 430 g/mol. The molecule has 0 radical (unpaired) electrons. The molecular formula is C21H22N2O6S. The number of ether oxygens (including phenoxy) is 2. The summed E-state index contributed by atoms with van der Waals surface area (Å²) in [7, 11) is 0.753. The molecule has 0 saturated carbocycles. The summed E-state index contributed by atoms with van der Waals surface area (Å²) < 4.78 is 41.3. The van der Waals surface area contributed by atoms with Crippen molar-refractivity contribution in [3.8, 4) is 11.5 Å². The molecule has 1 amide bonds. The zero-order chi connectivity index (χ0) is 21.7.